The number of hydrogen-bond donors (Lipinski definition) is 1. The molecule has 0 fully saturated rings. The molecule has 0 saturated carbocycles. The molecule has 1 aliphatic carbocycles. The van der Waals surface area contributed by atoms with E-state index in [1.165, 1.54) is 18.4 Å². The highest BCUT2D eigenvalue weighted by molar-refractivity contribution is 5.54. The largest absolute Gasteiger partial charge is 0.362 e. The number of nitrogens with zero attached hydrogens (tertiary/aromatic N) is 5. The smallest absolute Gasteiger partial charge is 0.151 e. The van der Waals surface area contributed by atoms with E-state index in [1.54, 1.807) is 6.33 Å². The zero-order chi connectivity index (χ0) is 13.9. The lowest BCUT2D eigenvalue weighted by Gasteiger charge is -2.17. The molecule has 102 valence electrons. The van der Waals surface area contributed by atoms with Crippen molar-refractivity contribution in [2.75, 3.05) is 5.32 Å². The first kappa shape index (κ1) is 12.6. The van der Waals surface area contributed by atoms with Crippen LogP contribution in [0, 0.1) is 11.3 Å². The van der Waals surface area contributed by atoms with E-state index in [4.69, 9.17) is 0 Å². The third kappa shape index (κ3) is 2.35. The fourth-order valence-corrected chi connectivity index (χ4v) is 2.48. The van der Waals surface area contributed by atoms with Gasteiger partial charge in [0.2, 0.25) is 0 Å². The van der Waals surface area contributed by atoms with Crippen LogP contribution in [0.15, 0.2) is 12.4 Å². The van der Waals surface area contributed by atoms with Gasteiger partial charge in [0.05, 0.1) is 12.1 Å². The van der Waals surface area contributed by atoms with E-state index in [1.807, 2.05) is 17.7 Å². The van der Waals surface area contributed by atoms with Gasteiger partial charge in [-0.3, -0.25) is 0 Å². The molecule has 0 saturated heterocycles. The Hall–Kier alpha value is -2.42. The number of hydrogen-bond acceptors (Lipinski definition) is 5. The van der Waals surface area contributed by atoms with Gasteiger partial charge in [0, 0.05) is 12.7 Å². The lowest BCUT2D eigenvalue weighted by molar-refractivity contribution is 0.667. The Morgan fingerprint density at radius 3 is 3.00 bits per heavy atom. The second-order valence-corrected chi connectivity index (χ2v) is 5.02. The summed E-state index contributed by atoms with van der Waals surface area (Å²) in [6.45, 7) is 0.511. The molecule has 3 rings (SSSR count). The third-order valence-corrected chi connectivity index (χ3v) is 3.64. The maximum Gasteiger partial charge on any atom is 0.151 e. The Morgan fingerprint density at radius 1 is 1.40 bits per heavy atom. The van der Waals surface area contributed by atoms with Crippen LogP contribution >= 0.6 is 0 Å². The monoisotopic (exact) mass is 268 g/mol. The lowest BCUT2D eigenvalue weighted by Crippen LogP contribution is -2.12. The van der Waals surface area contributed by atoms with Crippen molar-refractivity contribution < 1.29 is 0 Å². The Morgan fingerprint density at radius 2 is 2.25 bits per heavy atom. The number of aromatic nitrogens is 4. The summed E-state index contributed by atoms with van der Waals surface area (Å²) in [6.07, 6.45) is 6.04. The molecule has 1 aliphatic rings. The molecule has 20 heavy (non-hydrogen) atoms. The van der Waals surface area contributed by atoms with Crippen LogP contribution in [-0.2, 0) is 26.4 Å². The van der Waals surface area contributed by atoms with Gasteiger partial charge in [-0.1, -0.05) is 0 Å². The summed E-state index contributed by atoms with van der Waals surface area (Å²) < 4.78 is 1.84. The number of nitrogens with one attached hydrogen (secondary N) is 1. The van der Waals surface area contributed by atoms with Crippen molar-refractivity contribution in [2.24, 2.45) is 7.05 Å². The second-order valence-electron chi connectivity index (χ2n) is 5.02. The summed E-state index contributed by atoms with van der Waals surface area (Å²) >= 11 is 0. The van der Waals surface area contributed by atoms with E-state index in [0.29, 0.717) is 17.9 Å². The quantitative estimate of drug-likeness (QED) is 0.914. The first-order valence-electron chi connectivity index (χ1n) is 6.77. The van der Waals surface area contributed by atoms with Crippen LogP contribution < -0.4 is 5.32 Å². The van der Waals surface area contributed by atoms with Crippen LogP contribution in [0.3, 0.4) is 0 Å². The normalized spacial score (nSPS) is 13.6. The number of pyridine rings is 1. The van der Waals surface area contributed by atoms with Gasteiger partial charge in [-0.05, 0) is 37.3 Å². The van der Waals surface area contributed by atoms with Crippen LogP contribution in [0.4, 0.5) is 5.82 Å². The molecule has 6 nitrogen and oxygen atoms in total. The van der Waals surface area contributed by atoms with Crippen molar-refractivity contribution in [1.82, 2.24) is 19.7 Å². The highest BCUT2D eigenvalue weighted by atomic mass is 15.3. The molecule has 0 radical (unpaired) electrons. The first-order valence-corrected chi connectivity index (χ1v) is 6.77. The number of anilines is 1. The van der Waals surface area contributed by atoms with Crippen molar-refractivity contribution in [3.63, 3.8) is 0 Å². The molecule has 0 bridgehead atoms. The van der Waals surface area contributed by atoms with Crippen LogP contribution in [0.5, 0.6) is 0 Å². The van der Waals surface area contributed by atoms with E-state index in [0.717, 1.165) is 24.4 Å². The van der Waals surface area contributed by atoms with Crippen molar-refractivity contribution in [2.45, 2.75) is 32.2 Å². The number of rotatable bonds is 3. The van der Waals surface area contributed by atoms with E-state index in [9.17, 15) is 5.26 Å². The summed E-state index contributed by atoms with van der Waals surface area (Å²) in [5.74, 6) is 1.46. The summed E-state index contributed by atoms with van der Waals surface area (Å²) in [5, 5.41) is 20.3. The fourth-order valence-electron chi connectivity index (χ4n) is 2.48. The van der Waals surface area contributed by atoms with E-state index in [-0.39, 0.29) is 0 Å². The zero-order valence-corrected chi connectivity index (χ0v) is 11.4. The molecule has 0 aliphatic heterocycles. The van der Waals surface area contributed by atoms with Gasteiger partial charge in [-0.15, -0.1) is 10.2 Å². The minimum atomic E-state index is 0.511. The van der Waals surface area contributed by atoms with E-state index >= 15 is 0 Å². The predicted octanol–water partition coefficient (Wildman–Crippen LogP) is 1.57. The Bertz CT molecular complexity index is 667. The topological polar surface area (TPSA) is 79.4 Å². The molecular weight excluding hydrogens is 252 g/mol. The maximum atomic E-state index is 9.27. The maximum absolute atomic E-state index is 9.27. The summed E-state index contributed by atoms with van der Waals surface area (Å²) in [4.78, 5) is 4.62. The van der Waals surface area contributed by atoms with Crippen LogP contribution in [-0.4, -0.2) is 19.7 Å². The molecule has 2 aromatic rings. The lowest BCUT2D eigenvalue weighted by atomic mass is 9.95. The highest BCUT2D eigenvalue weighted by Crippen LogP contribution is 2.24. The standard InChI is InChI=1S/C14H16N6/c1-20-9-17-19-13(20)8-16-14-11(7-15)6-10-4-2-3-5-12(10)18-14/h6,9H,2-5,8H2,1H3,(H,16,18). The van der Waals surface area contributed by atoms with Crippen LogP contribution in [0.2, 0.25) is 0 Å². The molecule has 0 aromatic carbocycles. The van der Waals surface area contributed by atoms with Gasteiger partial charge in [0.1, 0.15) is 18.2 Å². The fraction of sp³-hybridized carbons (Fsp3) is 0.429. The van der Waals surface area contributed by atoms with Crippen molar-refractivity contribution in [1.29, 1.82) is 5.26 Å². The van der Waals surface area contributed by atoms with Crippen LogP contribution in [0.1, 0.15) is 35.5 Å². The third-order valence-electron chi connectivity index (χ3n) is 3.64. The van der Waals surface area contributed by atoms with E-state index in [2.05, 4.69) is 26.6 Å². The SMILES string of the molecule is Cn1cnnc1CNc1nc2c(cc1C#N)CCCC2. The molecule has 2 aromatic heterocycles. The second kappa shape index (κ2) is 5.29. The average Bonchev–Trinajstić information content (AvgIpc) is 2.89. The average molecular weight is 268 g/mol. The van der Waals surface area contributed by atoms with E-state index < -0.39 is 0 Å². The van der Waals surface area contributed by atoms with Crippen molar-refractivity contribution in [3.8, 4) is 6.07 Å². The molecule has 0 spiro atoms. The minimum absolute atomic E-state index is 0.511. The minimum Gasteiger partial charge on any atom is -0.362 e. The predicted molar refractivity (Wildman–Crippen MR) is 73.9 cm³/mol. The van der Waals surface area contributed by atoms with Crippen LogP contribution in [0.25, 0.3) is 0 Å². The summed E-state index contributed by atoms with van der Waals surface area (Å²) in [6, 6.07) is 4.20. The molecular formula is C14H16N6. The Labute approximate surface area is 117 Å². The first-order chi connectivity index (χ1) is 9.78. The molecule has 0 unspecified atom stereocenters. The van der Waals surface area contributed by atoms with Crippen molar-refractivity contribution in [3.05, 3.63) is 35.0 Å². The highest BCUT2D eigenvalue weighted by Gasteiger charge is 2.15. The van der Waals surface area contributed by atoms with Gasteiger partial charge in [0.25, 0.3) is 0 Å². The molecule has 6 heteroatoms. The number of aryl methyl sites for hydroxylation is 3. The number of fused-ring (bicyclic) bond motifs is 1. The molecule has 1 N–H and O–H groups in total. The zero-order valence-electron chi connectivity index (χ0n) is 11.4. The molecule has 0 amide bonds. The van der Waals surface area contributed by atoms with Gasteiger partial charge in [-0.25, -0.2) is 4.98 Å². The molecule has 2 heterocycles. The summed E-state index contributed by atoms with van der Waals surface area (Å²) in [7, 11) is 1.89. The van der Waals surface area contributed by atoms with Gasteiger partial charge in [0.15, 0.2) is 5.82 Å². The molecule has 0 atom stereocenters. The Balaban J connectivity index is 1.85. The summed E-state index contributed by atoms with van der Waals surface area (Å²) in [5.41, 5.74) is 2.94. The van der Waals surface area contributed by atoms with Crippen molar-refractivity contribution >= 4 is 5.82 Å². The van der Waals surface area contributed by atoms with Gasteiger partial charge < -0.3 is 9.88 Å². The van der Waals surface area contributed by atoms with Gasteiger partial charge in [-0.2, -0.15) is 5.26 Å². The van der Waals surface area contributed by atoms with Gasteiger partial charge >= 0.3 is 0 Å². The Kier molecular flexibility index (Phi) is 3.33. The number of nitriles is 1.